The molecule has 0 unspecified atom stereocenters. The SMILES string of the molecule is N#Cc1ccc(NC2=NCCC2)c(Br)c1. The maximum absolute atomic E-state index is 8.72. The van der Waals surface area contributed by atoms with E-state index in [1.807, 2.05) is 6.07 Å². The van der Waals surface area contributed by atoms with Gasteiger partial charge < -0.3 is 5.32 Å². The molecule has 0 aliphatic carbocycles. The van der Waals surface area contributed by atoms with Crippen LogP contribution in [0.4, 0.5) is 5.69 Å². The third-order valence-electron chi connectivity index (χ3n) is 2.25. The number of aliphatic imine (C=N–C) groups is 1. The van der Waals surface area contributed by atoms with E-state index in [-0.39, 0.29) is 0 Å². The fourth-order valence-corrected chi connectivity index (χ4v) is 1.96. The Morgan fingerprint density at radius 3 is 2.93 bits per heavy atom. The van der Waals surface area contributed by atoms with Gasteiger partial charge in [-0.1, -0.05) is 0 Å². The highest BCUT2D eigenvalue weighted by atomic mass is 79.9. The van der Waals surface area contributed by atoms with Crippen LogP contribution in [0.2, 0.25) is 0 Å². The zero-order valence-corrected chi connectivity index (χ0v) is 9.71. The van der Waals surface area contributed by atoms with E-state index in [0.717, 1.165) is 35.4 Å². The molecule has 1 aliphatic rings. The van der Waals surface area contributed by atoms with Crippen molar-refractivity contribution in [3.63, 3.8) is 0 Å². The molecule has 15 heavy (non-hydrogen) atoms. The highest BCUT2D eigenvalue weighted by molar-refractivity contribution is 9.10. The molecule has 76 valence electrons. The first-order valence-electron chi connectivity index (χ1n) is 4.79. The van der Waals surface area contributed by atoms with Gasteiger partial charge in [0.05, 0.1) is 17.3 Å². The van der Waals surface area contributed by atoms with Crippen molar-refractivity contribution >= 4 is 27.5 Å². The standard InChI is InChI=1S/C11H10BrN3/c12-9-6-8(7-13)3-4-10(9)15-11-2-1-5-14-11/h3-4,6H,1-2,5H2,(H,14,15). The third kappa shape index (κ3) is 2.37. The number of anilines is 1. The maximum Gasteiger partial charge on any atom is 0.101 e. The second-order valence-electron chi connectivity index (χ2n) is 3.36. The number of nitrogens with zero attached hydrogens (tertiary/aromatic N) is 2. The Morgan fingerprint density at radius 1 is 1.47 bits per heavy atom. The van der Waals surface area contributed by atoms with E-state index in [4.69, 9.17) is 5.26 Å². The Hall–Kier alpha value is -1.34. The third-order valence-corrected chi connectivity index (χ3v) is 2.91. The van der Waals surface area contributed by atoms with Crippen LogP contribution in [0, 0.1) is 11.3 Å². The van der Waals surface area contributed by atoms with Crippen LogP contribution in [0.25, 0.3) is 0 Å². The smallest absolute Gasteiger partial charge is 0.101 e. The van der Waals surface area contributed by atoms with Crippen molar-refractivity contribution in [2.45, 2.75) is 12.8 Å². The molecule has 4 heteroatoms. The highest BCUT2D eigenvalue weighted by Crippen LogP contribution is 2.24. The highest BCUT2D eigenvalue weighted by Gasteiger charge is 2.08. The molecule has 0 aromatic heterocycles. The number of benzene rings is 1. The van der Waals surface area contributed by atoms with E-state index >= 15 is 0 Å². The first-order valence-corrected chi connectivity index (χ1v) is 5.59. The predicted octanol–water partition coefficient (Wildman–Crippen LogP) is 2.92. The second kappa shape index (κ2) is 4.45. The summed E-state index contributed by atoms with van der Waals surface area (Å²) in [5.74, 6) is 1.03. The molecule has 0 radical (unpaired) electrons. The fraction of sp³-hybridized carbons (Fsp3) is 0.273. The van der Waals surface area contributed by atoms with Crippen molar-refractivity contribution in [3.05, 3.63) is 28.2 Å². The first-order chi connectivity index (χ1) is 7.29. The van der Waals surface area contributed by atoms with Gasteiger partial charge in [-0.05, 0) is 40.5 Å². The minimum absolute atomic E-state index is 0.654. The molecule has 2 rings (SSSR count). The summed E-state index contributed by atoms with van der Waals surface area (Å²) in [6, 6.07) is 7.59. The molecule has 1 aliphatic heterocycles. The Labute approximate surface area is 97.0 Å². The van der Waals surface area contributed by atoms with E-state index in [1.54, 1.807) is 12.1 Å². The van der Waals surface area contributed by atoms with Crippen molar-refractivity contribution in [2.75, 3.05) is 11.9 Å². The number of halogens is 1. The van der Waals surface area contributed by atoms with Crippen LogP contribution in [0.3, 0.4) is 0 Å². The van der Waals surface area contributed by atoms with Gasteiger partial charge in [-0.25, -0.2) is 0 Å². The quantitative estimate of drug-likeness (QED) is 0.847. The summed E-state index contributed by atoms with van der Waals surface area (Å²) in [7, 11) is 0. The molecule has 0 bridgehead atoms. The van der Waals surface area contributed by atoms with Crippen LogP contribution in [0.1, 0.15) is 18.4 Å². The van der Waals surface area contributed by atoms with Crippen LogP contribution in [0.15, 0.2) is 27.7 Å². The van der Waals surface area contributed by atoms with Gasteiger partial charge in [0.1, 0.15) is 5.84 Å². The zero-order valence-electron chi connectivity index (χ0n) is 8.13. The monoisotopic (exact) mass is 263 g/mol. The largest absolute Gasteiger partial charge is 0.343 e. The van der Waals surface area contributed by atoms with Gasteiger partial charge in [0.25, 0.3) is 0 Å². The molecule has 1 heterocycles. The number of rotatable bonds is 1. The minimum Gasteiger partial charge on any atom is -0.343 e. The normalized spacial score (nSPS) is 14.5. The van der Waals surface area contributed by atoms with Crippen molar-refractivity contribution in [1.29, 1.82) is 5.26 Å². The number of hydrogen-bond acceptors (Lipinski definition) is 3. The van der Waals surface area contributed by atoms with Gasteiger partial charge in [-0.15, -0.1) is 0 Å². The molecular formula is C11H10BrN3. The summed E-state index contributed by atoms with van der Waals surface area (Å²) < 4.78 is 0.899. The molecule has 0 saturated carbocycles. The summed E-state index contributed by atoms with van der Waals surface area (Å²) in [6.07, 6.45) is 2.13. The molecule has 1 aromatic rings. The van der Waals surface area contributed by atoms with E-state index in [2.05, 4.69) is 32.3 Å². The van der Waals surface area contributed by atoms with Gasteiger partial charge in [-0.3, -0.25) is 4.99 Å². The minimum atomic E-state index is 0.654. The van der Waals surface area contributed by atoms with Crippen molar-refractivity contribution < 1.29 is 0 Å². The van der Waals surface area contributed by atoms with Crippen LogP contribution in [0.5, 0.6) is 0 Å². The lowest BCUT2D eigenvalue weighted by atomic mass is 10.2. The second-order valence-corrected chi connectivity index (χ2v) is 4.22. The molecule has 0 atom stereocenters. The number of amidine groups is 1. The Bertz CT molecular complexity index is 446. The van der Waals surface area contributed by atoms with E-state index in [0.29, 0.717) is 5.56 Å². The number of nitriles is 1. The van der Waals surface area contributed by atoms with Crippen molar-refractivity contribution in [3.8, 4) is 6.07 Å². The summed E-state index contributed by atoms with van der Waals surface area (Å²) in [5, 5.41) is 12.0. The first kappa shape index (κ1) is 10.2. The van der Waals surface area contributed by atoms with Crippen molar-refractivity contribution in [2.24, 2.45) is 4.99 Å². The lowest BCUT2D eigenvalue weighted by molar-refractivity contribution is 0.951. The van der Waals surface area contributed by atoms with Gasteiger partial charge in [-0.2, -0.15) is 5.26 Å². The van der Waals surface area contributed by atoms with Gasteiger partial charge >= 0.3 is 0 Å². The Balaban J connectivity index is 2.19. The summed E-state index contributed by atoms with van der Waals surface area (Å²) in [6.45, 7) is 0.913. The Morgan fingerprint density at radius 2 is 2.33 bits per heavy atom. The fourth-order valence-electron chi connectivity index (χ4n) is 1.48. The lowest BCUT2D eigenvalue weighted by Gasteiger charge is -2.07. The van der Waals surface area contributed by atoms with Crippen LogP contribution >= 0.6 is 15.9 Å². The molecule has 1 aromatic carbocycles. The van der Waals surface area contributed by atoms with E-state index < -0.39 is 0 Å². The molecule has 0 fully saturated rings. The van der Waals surface area contributed by atoms with Gasteiger partial charge in [0, 0.05) is 17.4 Å². The molecule has 0 spiro atoms. The number of hydrogen-bond donors (Lipinski definition) is 1. The van der Waals surface area contributed by atoms with Crippen molar-refractivity contribution in [1.82, 2.24) is 0 Å². The van der Waals surface area contributed by atoms with Crippen LogP contribution < -0.4 is 5.32 Å². The molecule has 1 N–H and O–H groups in total. The zero-order chi connectivity index (χ0) is 10.7. The molecule has 0 amide bonds. The maximum atomic E-state index is 8.72. The van der Waals surface area contributed by atoms with Gasteiger partial charge in [0.15, 0.2) is 0 Å². The topological polar surface area (TPSA) is 48.2 Å². The molecule has 0 saturated heterocycles. The summed E-state index contributed by atoms with van der Waals surface area (Å²) in [4.78, 5) is 4.33. The van der Waals surface area contributed by atoms with E-state index in [1.165, 1.54) is 0 Å². The predicted molar refractivity (Wildman–Crippen MR) is 64.0 cm³/mol. The lowest BCUT2D eigenvalue weighted by Crippen LogP contribution is -2.08. The average molecular weight is 264 g/mol. The van der Waals surface area contributed by atoms with Gasteiger partial charge in [0.2, 0.25) is 0 Å². The molecular weight excluding hydrogens is 254 g/mol. The Kier molecular flexibility index (Phi) is 3.02. The molecule has 3 nitrogen and oxygen atoms in total. The van der Waals surface area contributed by atoms with Crippen LogP contribution in [-0.4, -0.2) is 12.4 Å². The van der Waals surface area contributed by atoms with Crippen LogP contribution in [-0.2, 0) is 0 Å². The summed E-state index contributed by atoms with van der Waals surface area (Å²) in [5.41, 5.74) is 1.62. The van der Waals surface area contributed by atoms with E-state index in [9.17, 15) is 0 Å². The number of nitrogens with one attached hydrogen (secondary N) is 1. The average Bonchev–Trinajstić information content (AvgIpc) is 2.74. The summed E-state index contributed by atoms with van der Waals surface area (Å²) >= 11 is 3.43.